The van der Waals surface area contributed by atoms with Crippen LogP contribution in [0.5, 0.6) is 0 Å². The molecule has 0 spiro atoms. The molecular weight excluding hydrogens is 292 g/mol. The molecule has 1 atom stereocenters. The van der Waals surface area contributed by atoms with Gasteiger partial charge in [-0.1, -0.05) is 0 Å². The third kappa shape index (κ3) is 3.12. The third-order valence-corrected chi connectivity index (χ3v) is 4.80. The van der Waals surface area contributed by atoms with E-state index in [1.165, 1.54) is 23.5 Å². The Bertz CT molecular complexity index is 623. The zero-order valence-electron chi connectivity index (χ0n) is 11.8. The molecule has 0 saturated carbocycles. The lowest BCUT2D eigenvalue weighted by atomic mass is 10.1. The SMILES string of the molecule is CC(c1nc(-c2ccc(F)cc2F)cs1)N1CCNCC1. The molecule has 1 fully saturated rings. The van der Waals surface area contributed by atoms with Gasteiger partial charge in [-0.2, -0.15) is 0 Å². The maximum atomic E-state index is 13.8. The number of benzene rings is 1. The van der Waals surface area contributed by atoms with E-state index in [1.807, 2.05) is 5.38 Å². The monoisotopic (exact) mass is 309 g/mol. The van der Waals surface area contributed by atoms with Crippen LogP contribution in [0.3, 0.4) is 0 Å². The fourth-order valence-electron chi connectivity index (χ4n) is 2.53. The quantitative estimate of drug-likeness (QED) is 0.944. The largest absolute Gasteiger partial charge is 0.314 e. The molecule has 1 aliphatic heterocycles. The number of nitrogens with zero attached hydrogens (tertiary/aromatic N) is 2. The molecule has 0 bridgehead atoms. The molecule has 0 radical (unpaired) electrons. The van der Waals surface area contributed by atoms with Crippen molar-refractivity contribution in [3.8, 4) is 11.3 Å². The van der Waals surface area contributed by atoms with Gasteiger partial charge < -0.3 is 5.32 Å². The predicted molar refractivity (Wildman–Crippen MR) is 80.3 cm³/mol. The number of hydrogen-bond donors (Lipinski definition) is 1. The smallest absolute Gasteiger partial charge is 0.135 e. The Hall–Kier alpha value is -1.37. The Kier molecular flexibility index (Phi) is 4.28. The molecule has 1 saturated heterocycles. The first-order valence-electron chi connectivity index (χ1n) is 7.01. The summed E-state index contributed by atoms with van der Waals surface area (Å²) in [5.74, 6) is -1.14. The minimum Gasteiger partial charge on any atom is -0.314 e. The summed E-state index contributed by atoms with van der Waals surface area (Å²) in [5.41, 5.74) is 0.931. The summed E-state index contributed by atoms with van der Waals surface area (Å²) in [7, 11) is 0. The van der Waals surface area contributed by atoms with Gasteiger partial charge in [-0.05, 0) is 19.1 Å². The maximum Gasteiger partial charge on any atom is 0.135 e. The molecule has 0 amide bonds. The molecule has 1 aromatic heterocycles. The summed E-state index contributed by atoms with van der Waals surface area (Å²) in [5, 5.41) is 6.13. The van der Waals surface area contributed by atoms with Gasteiger partial charge in [-0.15, -0.1) is 11.3 Å². The molecule has 0 aliphatic carbocycles. The van der Waals surface area contributed by atoms with Gasteiger partial charge in [0, 0.05) is 43.2 Å². The standard InChI is InChI=1S/C15H17F2N3S/c1-10(20-6-4-18-5-7-20)15-19-14(9-21-15)12-3-2-11(16)8-13(12)17/h2-3,8-10,18H,4-7H2,1H3. The van der Waals surface area contributed by atoms with Crippen LogP contribution in [0.15, 0.2) is 23.6 Å². The number of rotatable bonds is 3. The molecule has 1 unspecified atom stereocenters. The molecule has 3 nitrogen and oxygen atoms in total. The fourth-order valence-corrected chi connectivity index (χ4v) is 3.44. The van der Waals surface area contributed by atoms with Crippen LogP contribution >= 0.6 is 11.3 Å². The number of piperazine rings is 1. The van der Waals surface area contributed by atoms with E-state index >= 15 is 0 Å². The van der Waals surface area contributed by atoms with E-state index in [0.717, 1.165) is 37.3 Å². The highest BCUT2D eigenvalue weighted by Gasteiger charge is 2.21. The highest BCUT2D eigenvalue weighted by Crippen LogP contribution is 2.30. The lowest BCUT2D eigenvalue weighted by Gasteiger charge is -2.31. The first-order valence-corrected chi connectivity index (χ1v) is 7.89. The number of halogens is 2. The summed E-state index contributed by atoms with van der Waals surface area (Å²) in [6.45, 7) is 6.06. The number of nitrogens with one attached hydrogen (secondary N) is 1. The molecule has 2 heterocycles. The molecule has 3 rings (SSSR count). The molecular formula is C15H17F2N3S. The Morgan fingerprint density at radius 3 is 2.76 bits per heavy atom. The van der Waals surface area contributed by atoms with E-state index in [4.69, 9.17) is 0 Å². The van der Waals surface area contributed by atoms with Crippen molar-refractivity contribution in [2.24, 2.45) is 0 Å². The van der Waals surface area contributed by atoms with Gasteiger partial charge in [0.05, 0.1) is 11.7 Å². The second-order valence-corrected chi connectivity index (χ2v) is 6.05. The van der Waals surface area contributed by atoms with E-state index in [0.29, 0.717) is 11.3 Å². The van der Waals surface area contributed by atoms with Crippen molar-refractivity contribution in [1.29, 1.82) is 0 Å². The summed E-state index contributed by atoms with van der Waals surface area (Å²) in [6, 6.07) is 3.82. The Morgan fingerprint density at radius 2 is 2.05 bits per heavy atom. The number of aromatic nitrogens is 1. The van der Waals surface area contributed by atoms with Gasteiger partial charge in [0.2, 0.25) is 0 Å². The van der Waals surface area contributed by atoms with Crippen molar-refractivity contribution < 1.29 is 8.78 Å². The minimum absolute atomic E-state index is 0.217. The van der Waals surface area contributed by atoms with Gasteiger partial charge in [0.25, 0.3) is 0 Å². The van der Waals surface area contributed by atoms with Crippen LogP contribution in [0.2, 0.25) is 0 Å². The fraction of sp³-hybridized carbons (Fsp3) is 0.400. The van der Waals surface area contributed by atoms with Crippen LogP contribution < -0.4 is 5.32 Å². The van der Waals surface area contributed by atoms with Crippen molar-refractivity contribution in [3.63, 3.8) is 0 Å². The van der Waals surface area contributed by atoms with Crippen LogP contribution in [-0.4, -0.2) is 36.1 Å². The number of thiazole rings is 1. The zero-order chi connectivity index (χ0) is 14.8. The lowest BCUT2D eigenvalue weighted by Crippen LogP contribution is -2.44. The van der Waals surface area contributed by atoms with Crippen molar-refractivity contribution in [2.75, 3.05) is 26.2 Å². The summed E-state index contributed by atoms with van der Waals surface area (Å²) >= 11 is 1.53. The third-order valence-electron chi connectivity index (χ3n) is 3.79. The first kappa shape index (κ1) is 14.6. The van der Waals surface area contributed by atoms with Crippen molar-refractivity contribution in [2.45, 2.75) is 13.0 Å². The highest BCUT2D eigenvalue weighted by atomic mass is 32.1. The van der Waals surface area contributed by atoms with Crippen LogP contribution in [0, 0.1) is 11.6 Å². The van der Waals surface area contributed by atoms with Gasteiger partial charge in [-0.25, -0.2) is 13.8 Å². The van der Waals surface area contributed by atoms with Crippen LogP contribution in [-0.2, 0) is 0 Å². The number of hydrogen-bond acceptors (Lipinski definition) is 4. The van der Waals surface area contributed by atoms with Crippen LogP contribution in [0.1, 0.15) is 18.0 Å². The first-order chi connectivity index (χ1) is 10.1. The average Bonchev–Trinajstić information content (AvgIpc) is 2.97. The van der Waals surface area contributed by atoms with Gasteiger partial charge >= 0.3 is 0 Å². The lowest BCUT2D eigenvalue weighted by molar-refractivity contribution is 0.185. The average molecular weight is 309 g/mol. The van der Waals surface area contributed by atoms with Crippen LogP contribution in [0.4, 0.5) is 8.78 Å². The molecule has 2 aromatic rings. The summed E-state index contributed by atoms with van der Waals surface area (Å²) in [6.07, 6.45) is 0. The predicted octanol–water partition coefficient (Wildman–Crippen LogP) is 3.05. The van der Waals surface area contributed by atoms with E-state index in [9.17, 15) is 8.78 Å². The Labute approximate surface area is 126 Å². The van der Waals surface area contributed by atoms with Crippen molar-refractivity contribution in [3.05, 3.63) is 40.2 Å². The van der Waals surface area contributed by atoms with Gasteiger partial charge in [0.1, 0.15) is 16.6 Å². The molecule has 1 N–H and O–H groups in total. The molecule has 21 heavy (non-hydrogen) atoms. The zero-order valence-corrected chi connectivity index (χ0v) is 12.6. The Morgan fingerprint density at radius 1 is 1.29 bits per heavy atom. The highest BCUT2D eigenvalue weighted by molar-refractivity contribution is 7.10. The molecule has 6 heteroatoms. The summed E-state index contributed by atoms with van der Waals surface area (Å²) in [4.78, 5) is 6.90. The normalized spacial score (nSPS) is 17.9. The van der Waals surface area contributed by atoms with Crippen LogP contribution in [0.25, 0.3) is 11.3 Å². The van der Waals surface area contributed by atoms with Crippen molar-refractivity contribution in [1.82, 2.24) is 15.2 Å². The van der Waals surface area contributed by atoms with E-state index in [2.05, 4.69) is 22.1 Å². The second kappa shape index (κ2) is 6.17. The van der Waals surface area contributed by atoms with E-state index in [1.54, 1.807) is 0 Å². The van der Waals surface area contributed by atoms with E-state index in [-0.39, 0.29) is 6.04 Å². The maximum absolute atomic E-state index is 13.8. The second-order valence-electron chi connectivity index (χ2n) is 5.16. The topological polar surface area (TPSA) is 28.2 Å². The van der Waals surface area contributed by atoms with Crippen molar-refractivity contribution >= 4 is 11.3 Å². The minimum atomic E-state index is -0.569. The molecule has 1 aromatic carbocycles. The molecule has 1 aliphatic rings. The van der Waals surface area contributed by atoms with Gasteiger partial charge in [-0.3, -0.25) is 4.90 Å². The molecule has 112 valence electrons. The van der Waals surface area contributed by atoms with Gasteiger partial charge in [0.15, 0.2) is 0 Å². The Balaban J connectivity index is 1.82. The summed E-state index contributed by atoms with van der Waals surface area (Å²) < 4.78 is 26.8. The van der Waals surface area contributed by atoms with E-state index < -0.39 is 11.6 Å².